The van der Waals surface area contributed by atoms with Crippen LogP contribution >= 0.6 is 0 Å². The molecule has 0 unspecified atom stereocenters. The fourth-order valence-electron chi connectivity index (χ4n) is 1.93. The van der Waals surface area contributed by atoms with Gasteiger partial charge in [0.15, 0.2) is 0 Å². The molecule has 0 N–H and O–H groups in total. The lowest BCUT2D eigenvalue weighted by Crippen LogP contribution is -2.38. The van der Waals surface area contributed by atoms with Gasteiger partial charge in [0.05, 0.1) is 6.07 Å². The van der Waals surface area contributed by atoms with Gasteiger partial charge in [-0.15, -0.1) is 0 Å². The van der Waals surface area contributed by atoms with Crippen LogP contribution < -0.4 is 0 Å². The third-order valence-corrected chi connectivity index (χ3v) is 2.88. The minimum atomic E-state index is -0.133. The van der Waals surface area contributed by atoms with E-state index in [0.717, 1.165) is 6.42 Å². The average Bonchev–Trinajstić information content (AvgIpc) is 2.53. The van der Waals surface area contributed by atoms with E-state index in [1.807, 2.05) is 24.8 Å². The molecule has 1 aliphatic rings. The van der Waals surface area contributed by atoms with Crippen molar-refractivity contribution in [3.05, 3.63) is 0 Å². The Balaban J connectivity index is 2.53. The van der Waals surface area contributed by atoms with Crippen LogP contribution in [0.4, 0.5) is 0 Å². The van der Waals surface area contributed by atoms with E-state index in [4.69, 9.17) is 5.26 Å². The van der Waals surface area contributed by atoms with E-state index in [1.165, 1.54) is 0 Å². The summed E-state index contributed by atoms with van der Waals surface area (Å²) in [6.07, 6.45) is 0.716. The quantitative estimate of drug-likeness (QED) is 0.707. The van der Waals surface area contributed by atoms with Gasteiger partial charge in [0, 0.05) is 32.1 Å². The monoisotopic (exact) mass is 237 g/mol. The first kappa shape index (κ1) is 13.5. The van der Waals surface area contributed by atoms with Gasteiger partial charge in [-0.1, -0.05) is 13.8 Å². The molecule has 5 nitrogen and oxygen atoms in total. The Morgan fingerprint density at radius 3 is 2.35 bits per heavy atom. The second-order valence-corrected chi connectivity index (χ2v) is 4.55. The van der Waals surface area contributed by atoms with Gasteiger partial charge < -0.3 is 9.80 Å². The van der Waals surface area contributed by atoms with Crippen LogP contribution in [0.1, 0.15) is 26.7 Å². The number of rotatable bonds is 2. The molecule has 1 heterocycles. The van der Waals surface area contributed by atoms with Crippen LogP contribution in [-0.4, -0.2) is 47.8 Å². The van der Waals surface area contributed by atoms with Crippen LogP contribution in [0.3, 0.4) is 0 Å². The van der Waals surface area contributed by atoms with Crippen LogP contribution in [0, 0.1) is 17.2 Å². The molecule has 0 bridgehead atoms. The number of nitrogens with zero attached hydrogens (tertiary/aromatic N) is 3. The Morgan fingerprint density at radius 2 is 1.76 bits per heavy atom. The van der Waals surface area contributed by atoms with Crippen molar-refractivity contribution in [3.63, 3.8) is 0 Å². The third-order valence-electron chi connectivity index (χ3n) is 2.88. The molecule has 0 aromatic rings. The zero-order valence-corrected chi connectivity index (χ0v) is 10.5. The number of hydrogen-bond acceptors (Lipinski definition) is 3. The summed E-state index contributed by atoms with van der Waals surface area (Å²) in [5, 5.41) is 8.49. The highest BCUT2D eigenvalue weighted by Crippen LogP contribution is 2.08. The lowest BCUT2D eigenvalue weighted by Gasteiger charge is -2.23. The highest BCUT2D eigenvalue weighted by atomic mass is 16.2. The van der Waals surface area contributed by atoms with Crippen molar-refractivity contribution in [3.8, 4) is 6.07 Å². The molecule has 0 spiro atoms. The van der Waals surface area contributed by atoms with Gasteiger partial charge in [-0.05, 0) is 6.42 Å². The van der Waals surface area contributed by atoms with Crippen molar-refractivity contribution in [2.45, 2.75) is 26.7 Å². The van der Waals surface area contributed by atoms with E-state index in [2.05, 4.69) is 0 Å². The Bertz CT molecular complexity index is 333. The number of nitriles is 1. The molecule has 1 aliphatic heterocycles. The molecule has 0 atom stereocenters. The van der Waals surface area contributed by atoms with Gasteiger partial charge in [0.2, 0.25) is 11.8 Å². The van der Waals surface area contributed by atoms with Crippen molar-refractivity contribution >= 4 is 11.8 Å². The van der Waals surface area contributed by atoms with Gasteiger partial charge in [0.25, 0.3) is 0 Å². The molecular formula is C12H19N3O2. The molecular weight excluding hydrogens is 218 g/mol. The van der Waals surface area contributed by atoms with Gasteiger partial charge >= 0.3 is 0 Å². The van der Waals surface area contributed by atoms with Gasteiger partial charge in [-0.25, -0.2) is 0 Å². The van der Waals surface area contributed by atoms with E-state index in [0.29, 0.717) is 26.2 Å². The number of hydrogen-bond donors (Lipinski definition) is 0. The number of carbonyl (C=O) groups is 2. The van der Waals surface area contributed by atoms with E-state index in [-0.39, 0.29) is 24.2 Å². The maximum atomic E-state index is 11.8. The summed E-state index contributed by atoms with van der Waals surface area (Å²) in [4.78, 5) is 26.9. The molecule has 0 aliphatic carbocycles. The van der Waals surface area contributed by atoms with E-state index in [9.17, 15) is 9.59 Å². The molecule has 1 fully saturated rings. The first-order chi connectivity index (χ1) is 8.06. The van der Waals surface area contributed by atoms with Crippen molar-refractivity contribution in [2.75, 3.05) is 26.2 Å². The van der Waals surface area contributed by atoms with Crippen LogP contribution in [0.15, 0.2) is 0 Å². The summed E-state index contributed by atoms with van der Waals surface area (Å²) in [5.41, 5.74) is 0. The zero-order chi connectivity index (χ0) is 12.8. The predicted molar refractivity (Wildman–Crippen MR) is 62.8 cm³/mol. The van der Waals surface area contributed by atoms with Crippen LogP contribution in [0.5, 0.6) is 0 Å². The maximum absolute atomic E-state index is 11.8. The second-order valence-electron chi connectivity index (χ2n) is 4.55. The number of amides is 2. The van der Waals surface area contributed by atoms with E-state index < -0.39 is 0 Å². The smallest absolute Gasteiger partial charge is 0.236 e. The molecule has 1 saturated heterocycles. The zero-order valence-electron chi connectivity index (χ0n) is 10.5. The largest absolute Gasteiger partial charge is 0.341 e. The van der Waals surface area contributed by atoms with Crippen molar-refractivity contribution < 1.29 is 9.59 Å². The Kier molecular flexibility index (Phi) is 4.95. The molecule has 0 radical (unpaired) electrons. The fraction of sp³-hybridized carbons (Fsp3) is 0.750. The van der Waals surface area contributed by atoms with Crippen molar-refractivity contribution in [1.29, 1.82) is 5.26 Å². The van der Waals surface area contributed by atoms with Gasteiger partial charge in [0.1, 0.15) is 6.42 Å². The maximum Gasteiger partial charge on any atom is 0.236 e. The first-order valence-corrected chi connectivity index (χ1v) is 5.99. The molecule has 0 aromatic carbocycles. The van der Waals surface area contributed by atoms with Crippen LogP contribution in [-0.2, 0) is 9.59 Å². The van der Waals surface area contributed by atoms with E-state index >= 15 is 0 Å². The predicted octanol–water partition coefficient (Wildman–Crippen LogP) is 0.617. The van der Waals surface area contributed by atoms with Crippen LogP contribution in [0.2, 0.25) is 0 Å². The summed E-state index contributed by atoms with van der Waals surface area (Å²) >= 11 is 0. The minimum Gasteiger partial charge on any atom is -0.341 e. The second kappa shape index (κ2) is 6.24. The molecule has 1 rings (SSSR count). The lowest BCUT2D eigenvalue weighted by molar-refractivity contribution is -0.135. The highest BCUT2D eigenvalue weighted by Gasteiger charge is 2.22. The highest BCUT2D eigenvalue weighted by molar-refractivity contribution is 5.79. The van der Waals surface area contributed by atoms with E-state index in [1.54, 1.807) is 4.90 Å². The van der Waals surface area contributed by atoms with Crippen LogP contribution in [0.25, 0.3) is 0 Å². The topological polar surface area (TPSA) is 64.4 Å². The standard InChI is InChI=1S/C12H19N3O2/c1-10(2)12(17)15-7-3-6-14(8-9-15)11(16)4-5-13/h10H,3-4,6-9H2,1-2H3. The summed E-state index contributed by atoms with van der Waals surface area (Å²) in [6, 6.07) is 1.87. The Labute approximate surface area is 102 Å². The Morgan fingerprint density at radius 1 is 1.18 bits per heavy atom. The molecule has 94 valence electrons. The molecule has 2 amide bonds. The van der Waals surface area contributed by atoms with Crippen molar-refractivity contribution in [2.24, 2.45) is 5.92 Å². The van der Waals surface area contributed by atoms with Crippen molar-refractivity contribution in [1.82, 2.24) is 9.80 Å². The summed E-state index contributed by atoms with van der Waals surface area (Å²) in [5.74, 6) is 0.00212. The minimum absolute atomic E-state index is 0.00337. The summed E-state index contributed by atoms with van der Waals surface area (Å²) < 4.78 is 0. The molecule has 5 heteroatoms. The molecule has 0 aromatic heterocycles. The Hall–Kier alpha value is -1.57. The summed E-state index contributed by atoms with van der Waals surface area (Å²) in [6.45, 7) is 6.22. The third kappa shape index (κ3) is 3.74. The normalized spacial score (nSPS) is 16.6. The lowest BCUT2D eigenvalue weighted by atomic mass is 10.2. The first-order valence-electron chi connectivity index (χ1n) is 5.99. The SMILES string of the molecule is CC(C)C(=O)N1CCCN(C(=O)CC#N)CC1. The fourth-order valence-corrected chi connectivity index (χ4v) is 1.93. The number of carbonyl (C=O) groups excluding carboxylic acids is 2. The van der Waals surface area contributed by atoms with Gasteiger partial charge in [-0.3, -0.25) is 9.59 Å². The molecule has 0 saturated carbocycles. The average molecular weight is 237 g/mol. The summed E-state index contributed by atoms with van der Waals surface area (Å²) in [7, 11) is 0. The molecule has 17 heavy (non-hydrogen) atoms. The van der Waals surface area contributed by atoms with Gasteiger partial charge in [-0.2, -0.15) is 5.26 Å².